The normalized spacial score (nSPS) is 11.2. The van der Waals surface area contributed by atoms with Crippen molar-refractivity contribution in [1.82, 2.24) is 75.6 Å². The van der Waals surface area contributed by atoms with E-state index < -0.39 is 0 Å². The lowest BCUT2D eigenvalue weighted by atomic mass is 10.1. The molecule has 0 aliphatic carbocycles. The third-order valence-corrected chi connectivity index (χ3v) is 18.7. The first kappa shape index (κ1) is 77.7. The van der Waals surface area contributed by atoms with E-state index in [1.165, 1.54) is 23.3 Å². The lowest BCUT2D eigenvalue weighted by Crippen LogP contribution is -1.98. The second kappa shape index (κ2) is 33.3. The molecule has 12 N–H and O–H groups in total. The van der Waals surface area contributed by atoms with E-state index in [-0.39, 0.29) is 47.1 Å². The molecule has 0 aliphatic heterocycles. The molecule has 600 valence electrons. The number of anilines is 5. The predicted molar refractivity (Wildman–Crippen MR) is 441 cm³/mol. The van der Waals surface area contributed by atoms with Gasteiger partial charge in [0.25, 0.3) is 0 Å². The highest BCUT2D eigenvalue weighted by atomic mass is 19.1. The number of aromatic nitrogens is 15. The third-order valence-electron chi connectivity index (χ3n) is 18.7. The number of aryl methyl sites for hydroxylation is 7. The summed E-state index contributed by atoms with van der Waals surface area (Å²) in [6, 6.07) is 54.8. The van der Waals surface area contributed by atoms with E-state index in [9.17, 15) is 14.6 Å². The second-order valence-electron chi connectivity index (χ2n) is 28.1. The zero-order valence-corrected chi connectivity index (χ0v) is 65.3. The van der Waals surface area contributed by atoms with Gasteiger partial charge in [-0.3, -0.25) is 0 Å². The van der Waals surface area contributed by atoms with Crippen molar-refractivity contribution >= 4 is 85.2 Å². The number of nitrogens with two attached hydrogens (primary N) is 5. The Balaban J connectivity index is 0.000000112. The molecule has 15 aromatic heterocycles. The molecular weight excluding hydrogens is 1540 g/mol. The van der Waals surface area contributed by atoms with Crippen molar-refractivity contribution in [3.05, 3.63) is 284 Å². The summed E-state index contributed by atoms with van der Waals surface area (Å²) in [4.78, 5) is 42.5. The van der Waals surface area contributed by atoms with Crippen molar-refractivity contribution in [2.75, 3.05) is 28.7 Å². The Morgan fingerprint density at radius 2 is 0.533 bits per heavy atom. The molecule has 20 rings (SSSR count). The number of phenols is 2. The van der Waals surface area contributed by atoms with Crippen LogP contribution in [0, 0.1) is 54.3 Å². The van der Waals surface area contributed by atoms with Gasteiger partial charge in [0.15, 0.2) is 57.3 Å². The number of nitrogen functional groups attached to an aromatic ring is 5. The Morgan fingerprint density at radius 3 is 0.808 bits per heavy atom. The molecule has 32 nitrogen and oxygen atoms in total. The fourth-order valence-corrected chi connectivity index (χ4v) is 13.1. The number of benzene rings is 5. The summed E-state index contributed by atoms with van der Waals surface area (Å²) >= 11 is 0. The third kappa shape index (κ3) is 17.4. The van der Waals surface area contributed by atoms with Gasteiger partial charge in [0.1, 0.15) is 102 Å². The number of halogens is 1. The van der Waals surface area contributed by atoms with Crippen LogP contribution in [0.3, 0.4) is 0 Å². The van der Waals surface area contributed by atoms with Gasteiger partial charge in [-0.2, -0.15) is 0 Å². The van der Waals surface area contributed by atoms with Crippen LogP contribution in [0.1, 0.15) is 96.2 Å². The molecule has 0 amide bonds. The van der Waals surface area contributed by atoms with Crippen LogP contribution in [0.25, 0.3) is 113 Å². The lowest BCUT2D eigenvalue weighted by molar-refractivity contribution is 0.446. The zero-order chi connectivity index (χ0) is 83.4. The predicted octanol–water partition coefficient (Wildman–Crippen LogP) is 17.0. The summed E-state index contributed by atoms with van der Waals surface area (Å²) in [6.07, 6.45) is 2.62. The second-order valence-corrected chi connectivity index (χ2v) is 28.1. The van der Waals surface area contributed by atoms with Crippen LogP contribution in [-0.4, -0.2) is 85.8 Å². The minimum absolute atomic E-state index is 0.107. The molecule has 0 spiro atoms. The van der Waals surface area contributed by atoms with Crippen LogP contribution in [0.5, 0.6) is 11.5 Å². The van der Waals surface area contributed by atoms with Gasteiger partial charge in [-0.15, -0.1) is 0 Å². The van der Waals surface area contributed by atoms with Gasteiger partial charge in [-0.1, -0.05) is 122 Å². The standard InChI is InChI=1S/2C18H16N4O2.C17H13FN4O2.2C17H14N4O3/c1-10-3-6-12(7-4-10)9-13-15-17(24-22-13)16(21-18(19)20-15)14-8-5-11(2)23-14;1-10-4-3-5-12(8-10)9-13-15-17(24-22-13)16(21-18(19)20-15)14-7-6-11(2)23-14;1-9-2-7-13(23-9)15-16-14(20-17(19)21-15)12(22-24-16)8-10-3-5-11(18)6-4-10;1-9-2-7-13(23-9)15-16-14(19-17(18)20-15)12(21-24-16)8-10-3-5-11(22)6-4-10;1-9-5-6-13(23-9)15-16-14(19-17(18)20-15)12(21-24-16)8-10-3-2-4-11(22)7-10/h2*3-8H,9H2,1-2H3,(H2,19,20,21);2-7H,8H2,1H3,(H2,19,20,21);2*2-7,22H,8H2,1H3,(H2,18,19,20). The number of rotatable bonds is 15. The fourth-order valence-electron chi connectivity index (χ4n) is 13.1. The highest BCUT2D eigenvalue weighted by Crippen LogP contribution is 2.37. The average Bonchev–Trinajstić information content (AvgIpc) is 1.65. The molecule has 0 aliphatic rings. The van der Waals surface area contributed by atoms with Gasteiger partial charge in [0, 0.05) is 32.1 Å². The first-order valence-corrected chi connectivity index (χ1v) is 37.3. The Bertz CT molecular complexity index is 6510. The molecule has 20 aromatic rings. The monoisotopic (exact) mass is 1610 g/mol. The van der Waals surface area contributed by atoms with Gasteiger partial charge in [0.05, 0.1) is 0 Å². The summed E-state index contributed by atoms with van der Waals surface area (Å²) in [5, 5.41) is 39.6. The van der Waals surface area contributed by atoms with Crippen LogP contribution in [0.2, 0.25) is 0 Å². The first-order valence-electron chi connectivity index (χ1n) is 37.3. The Labute approximate surface area is 678 Å². The molecule has 120 heavy (non-hydrogen) atoms. The van der Waals surface area contributed by atoms with E-state index in [0.29, 0.717) is 162 Å². The molecule has 0 saturated heterocycles. The SMILES string of the molecule is Cc1ccc(-c2nc(N)nc3c(Cc4ccc(F)cc4)noc23)o1.Cc1ccc(-c2nc(N)nc3c(Cc4ccc(O)cc4)noc23)o1.Cc1ccc(-c2nc(N)nc3c(Cc4cccc(O)c4)noc23)o1.Cc1ccc(Cc2noc3c(-c4ccc(C)o4)nc(N)nc23)cc1.Cc1cccc(Cc2noc3c(-c4ccc(C)o4)nc(N)nc23)c1. The summed E-state index contributed by atoms with van der Waals surface area (Å²) in [7, 11) is 0. The summed E-state index contributed by atoms with van der Waals surface area (Å²) in [5.41, 5.74) is 47.6. The molecule has 5 aromatic carbocycles. The van der Waals surface area contributed by atoms with Crippen molar-refractivity contribution < 1.29 is 59.3 Å². The van der Waals surface area contributed by atoms with Gasteiger partial charge in [0.2, 0.25) is 57.7 Å². The summed E-state index contributed by atoms with van der Waals surface area (Å²) < 4.78 is 68.5. The van der Waals surface area contributed by atoms with Crippen molar-refractivity contribution in [2.45, 2.75) is 80.6 Å². The number of hydrogen-bond acceptors (Lipinski definition) is 32. The Hall–Kier alpha value is -16.2. The number of nitrogens with zero attached hydrogens (tertiary/aromatic N) is 15. The van der Waals surface area contributed by atoms with E-state index in [4.69, 9.17) is 73.4 Å². The minimum Gasteiger partial charge on any atom is -0.508 e. The van der Waals surface area contributed by atoms with Crippen molar-refractivity contribution in [1.29, 1.82) is 0 Å². The molecule has 0 fully saturated rings. The zero-order valence-electron chi connectivity index (χ0n) is 65.3. The van der Waals surface area contributed by atoms with Crippen LogP contribution in [0.15, 0.2) is 227 Å². The van der Waals surface area contributed by atoms with Crippen LogP contribution >= 0.6 is 0 Å². The van der Waals surface area contributed by atoms with Gasteiger partial charge < -0.3 is 83.6 Å². The number of hydrogen-bond donors (Lipinski definition) is 7. The topological polar surface area (TPSA) is 495 Å². The molecule has 15 heterocycles. The van der Waals surface area contributed by atoms with E-state index in [2.05, 4.69) is 132 Å². The molecule has 0 bridgehead atoms. The maximum atomic E-state index is 13.0. The molecule has 0 saturated carbocycles. The maximum Gasteiger partial charge on any atom is 0.221 e. The molecule has 0 radical (unpaired) electrons. The van der Waals surface area contributed by atoms with E-state index in [1.54, 1.807) is 60.7 Å². The highest BCUT2D eigenvalue weighted by Gasteiger charge is 2.26. The van der Waals surface area contributed by atoms with Crippen molar-refractivity contribution in [3.8, 4) is 68.8 Å². The van der Waals surface area contributed by atoms with Crippen LogP contribution in [0.4, 0.5) is 34.1 Å². The lowest BCUT2D eigenvalue weighted by Gasteiger charge is -2.01. The van der Waals surface area contributed by atoms with Crippen molar-refractivity contribution in [3.63, 3.8) is 0 Å². The van der Waals surface area contributed by atoms with Crippen LogP contribution in [-0.2, 0) is 32.1 Å². The Morgan fingerprint density at radius 1 is 0.267 bits per heavy atom. The van der Waals surface area contributed by atoms with Crippen LogP contribution < -0.4 is 28.7 Å². The van der Waals surface area contributed by atoms with Crippen molar-refractivity contribution in [2.24, 2.45) is 0 Å². The molecule has 33 heteroatoms. The number of furan rings is 5. The highest BCUT2D eigenvalue weighted by molar-refractivity contribution is 5.92. The summed E-state index contributed by atoms with van der Waals surface area (Å²) in [5.74, 6) is 7.47. The average molecular weight is 1610 g/mol. The number of fused-ring (bicyclic) bond motifs is 5. The number of aromatic hydroxyl groups is 2. The largest absolute Gasteiger partial charge is 0.508 e. The van der Waals surface area contributed by atoms with E-state index in [0.717, 1.165) is 68.0 Å². The Kier molecular flexibility index (Phi) is 21.6. The van der Waals surface area contributed by atoms with Gasteiger partial charge >= 0.3 is 0 Å². The molecular formula is C87H73FN20O12. The van der Waals surface area contributed by atoms with E-state index >= 15 is 0 Å². The van der Waals surface area contributed by atoms with Gasteiger partial charge in [-0.25, -0.2) is 54.2 Å². The van der Waals surface area contributed by atoms with Gasteiger partial charge in [-0.05, 0) is 173 Å². The molecule has 0 atom stereocenters. The quantitative estimate of drug-likeness (QED) is 0.0501. The number of phenolic OH excluding ortho intramolecular Hbond substituents is 2. The minimum atomic E-state index is -0.286. The maximum absolute atomic E-state index is 13.0. The summed E-state index contributed by atoms with van der Waals surface area (Å²) in [6.45, 7) is 13.4. The van der Waals surface area contributed by atoms with E-state index in [1.807, 2.05) is 101 Å². The first-order chi connectivity index (χ1) is 58.0. The molecule has 0 unspecified atom stereocenters. The smallest absolute Gasteiger partial charge is 0.221 e. The fraction of sp³-hybridized carbons (Fsp3) is 0.138.